The second kappa shape index (κ2) is 5.67. The first kappa shape index (κ1) is 13.5. The number of hydrogen-bond acceptors (Lipinski definition) is 3. The van der Waals surface area contributed by atoms with E-state index in [1.807, 2.05) is 19.9 Å². The zero-order valence-electron chi connectivity index (χ0n) is 9.96. The molecule has 0 aliphatic carbocycles. The maximum absolute atomic E-state index is 8.92. The summed E-state index contributed by atoms with van der Waals surface area (Å²) in [5.41, 5.74) is -0.235. The van der Waals surface area contributed by atoms with Gasteiger partial charge in [-0.25, -0.2) is 0 Å². The Labute approximate surface area is 106 Å². The molecule has 1 aromatic rings. The summed E-state index contributed by atoms with van der Waals surface area (Å²) in [6, 6.07) is 6.30. The first-order valence-electron chi connectivity index (χ1n) is 5.27. The van der Waals surface area contributed by atoms with E-state index in [0.29, 0.717) is 0 Å². The molecule has 0 aromatic carbocycles. The van der Waals surface area contributed by atoms with Crippen LogP contribution >= 0.6 is 22.9 Å². The van der Waals surface area contributed by atoms with Gasteiger partial charge in [0.2, 0.25) is 0 Å². The molecular weight excluding hydrogens is 240 g/mol. The summed E-state index contributed by atoms with van der Waals surface area (Å²) in [5.74, 6) is 0. The highest BCUT2D eigenvalue weighted by molar-refractivity contribution is 7.16. The van der Waals surface area contributed by atoms with E-state index >= 15 is 0 Å². The van der Waals surface area contributed by atoms with Gasteiger partial charge in [-0.15, -0.1) is 11.3 Å². The second-order valence-corrected chi connectivity index (χ2v) is 6.49. The van der Waals surface area contributed by atoms with Crippen molar-refractivity contribution >= 4 is 22.9 Å². The van der Waals surface area contributed by atoms with Gasteiger partial charge in [-0.05, 0) is 46.0 Å². The molecule has 88 valence electrons. The van der Waals surface area contributed by atoms with Crippen LogP contribution in [-0.4, -0.2) is 18.5 Å². The zero-order chi connectivity index (χ0) is 12.2. The predicted molar refractivity (Wildman–Crippen MR) is 69.7 cm³/mol. The number of nitrogens with zero attached hydrogens (tertiary/aromatic N) is 2. The first-order chi connectivity index (χ1) is 7.43. The molecule has 0 N–H and O–H groups in total. The fraction of sp³-hybridized carbons (Fsp3) is 0.583. The number of rotatable bonds is 5. The van der Waals surface area contributed by atoms with E-state index in [9.17, 15) is 0 Å². The van der Waals surface area contributed by atoms with Crippen LogP contribution in [0.3, 0.4) is 0 Å². The molecule has 0 saturated carbocycles. The van der Waals surface area contributed by atoms with Crippen molar-refractivity contribution in [3.8, 4) is 6.07 Å². The number of halogens is 1. The third-order valence-corrected chi connectivity index (χ3v) is 3.69. The standard InChI is InChI=1S/C12H17ClN2S/c1-12(2,9-14)6-7-15(3)8-10-4-5-11(13)16-10/h4-5H,6-8H2,1-3H3. The highest BCUT2D eigenvalue weighted by atomic mass is 35.5. The van der Waals surface area contributed by atoms with Gasteiger partial charge in [0.05, 0.1) is 15.8 Å². The highest BCUT2D eigenvalue weighted by Gasteiger charge is 2.17. The van der Waals surface area contributed by atoms with E-state index in [-0.39, 0.29) is 5.41 Å². The lowest BCUT2D eigenvalue weighted by Crippen LogP contribution is -2.23. The van der Waals surface area contributed by atoms with Gasteiger partial charge in [0.1, 0.15) is 0 Å². The van der Waals surface area contributed by atoms with E-state index < -0.39 is 0 Å². The molecule has 0 fully saturated rings. The molecule has 1 heterocycles. The lowest BCUT2D eigenvalue weighted by atomic mass is 9.91. The number of hydrogen-bond donors (Lipinski definition) is 0. The molecule has 2 nitrogen and oxygen atoms in total. The Balaban J connectivity index is 2.37. The third-order valence-electron chi connectivity index (χ3n) is 2.48. The predicted octanol–water partition coefficient (Wildman–Crippen LogP) is 3.77. The quantitative estimate of drug-likeness (QED) is 0.802. The van der Waals surface area contributed by atoms with Crippen LogP contribution in [0.2, 0.25) is 4.34 Å². The molecule has 1 aromatic heterocycles. The van der Waals surface area contributed by atoms with Crippen molar-refractivity contribution in [3.05, 3.63) is 21.3 Å². The summed E-state index contributed by atoms with van der Waals surface area (Å²) in [6.07, 6.45) is 0.888. The highest BCUT2D eigenvalue weighted by Crippen LogP contribution is 2.23. The molecule has 0 bridgehead atoms. The summed E-state index contributed by atoms with van der Waals surface area (Å²) in [5, 5.41) is 8.92. The molecule has 1 rings (SSSR count). The Kier molecular flexibility index (Phi) is 4.79. The normalized spacial score (nSPS) is 11.8. The molecule has 4 heteroatoms. The van der Waals surface area contributed by atoms with E-state index in [1.165, 1.54) is 4.88 Å². The summed E-state index contributed by atoms with van der Waals surface area (Å²) in [4.78, 5) is 3.49. The molecule has 16 heavy (non-hydrogen) atoms. The molecular formula is C12H17ClN2S. The molecule has 0 aliphatic rings. The first-order valence-corrected chi connectivity index (χ1v) is 6.46. The SMILES string of the molecule is CN(CCC(C)(C)C#N)Cc1ccc(Cl)s1. The lowest BCUT2D eigenvalue weighted by Gasteiger charge is -2.21. The average molecular weight is 257 g/mol. The van der Waals surface area contributed by atoms with Gasteiger partial charge < -0.3 is 4.90 Å². The molecule has 0 saturated heterocycles. The molecule has 0 unspecified atom stereocenters. The molecule has 0 atom stereocenters. The van der Waals surface area contributed by atoms with Gasteiger partial charge in [0.25, 0.3) is 0 Å². The molecule has 0 aliphatic heterocycles. The Morgan fingerprint density at radius 2 is 2.19 bits per heavy atom. The van der Waals surface area contributed by atoms with Crippen molar-refractivity contribution in [2.75, 3.05) is 13.6 Å². The van der Waals surface area contributed by atoms with Gasteiger partial charge in [0.15, 0.2) is 0 Å². The Bertz CT molecular complexity index is 379. The van der Waals surface area contributed by atoms with E-state index in [2.05, 4.69) is 24.1 Å². The second-order valence-electron chi connectivity index (χ2n) is 4.69. The van der Waals surface area contributed by atoms with E-state index in [4.69, 9.17) is 16.9 Å². The number of thiophene rings is 1. The topological polar surface area (TPSA) is 27.0 Å². The fourth-order valence-electron chi connectivity index (χ4n) is 1.31. The van der Waals surface area contributed by atoms with Crippen molar-refractivity contribution in [1.82, 2.24) is 4.90 Å². The molecule has 0 spiro atoms. The smallest absolute Gasteiger partial charge is 0.0931 e. The number of nitriles is 1. The van der Waals surface area contributed by atoms with Crippen LogP contribution in [-0.2, 0) is 6.54 Å². The maximum Gasteiger partial charge on any atom is 0.0931 e. The van der Waals surface area contributed by atoms with Gasteiger partial charge in [-0.2, -0.15) is 5.26 Å². The van der Waals surface area contributed by atoms with Crippen LogP contribution in [0.1, 0.15) is 25.1 Å². The Morgan fingerprint density at radius 1 is 1.50 bits per heavy atom. The van der Waals surface area contributed by atoms with Crippen LogP contribution in [0.4, 0.5) is 0 Å². The summed E-state index contributed by atoms with van der Waals surface area (Å²) >= 11 is 7.49. The summed E-state index contributed by atoms with van der Waals surface area (Å²) in [7, 11) is 2.07. The average Bonchev–Trinajstić information content (AvgIpc) is 2.61. The van der Waals surface area contributed by atoms with Crippen molar-refractivity contribution in [2.24, 2.45) is 5.41 Å². The van der Waals surface area contributed by atoms with Crippen LogP contribution in [0, 0.1) is 16.7 Å². The third kappa shape index (κ3) is 4.52. The van der Waals surface area contributed by atoms with Crippen molar-refractivity contribution in [1.29, 1.82) is 5.26 Å². The van der Waals surface area contributed by atoms with Crippen molar-refractivity contribution in [3.63, 3.8) is 0 Å². The summed E-state index contributed by atoms with van der Waals surface area (Å²) < 4.78 is 0.834. The minimum Gasteiger partial charge on any atom is -0.301 e. The van der Waals surface area contributed by atoms with Crippen molar-refractivity contribution in [2.45, 2.75) is 26.8 Å². The lowest BCUT2D eigenvalue weighted by molar-refractivity contribution is 0.282. The zero-order valence-corrected chi connectivity index (χ0v) is 11.5. The summed E-state index contributed by atoms with van der Waals surface area (Å²) in [6.45, 7) is 5.78. The molecule has 0 amide bonds. The molecule has 0 radical (unpaired) electrons. The van der Waals surface area contributed by atoms with Crippen molar-refractivity contribution < 1.29 is 0 Å². The van der Waals surface area contributed by atoms with Gasteiger partial charge in [0, 0.05) is 11.4 Å². The monoisotopic (exact) mass is 256 g/mol. The van der Waals surface area contributed by atoms with Crippen LogP contribution in [0.25, 0.3) is 0 Å². The minimum atomic E-state index is -0.235. The van der Waals surface area contributed by atoms with Gasteiger partial charge in [-0.1, -0.05) is 11.6 Å². The van der Waals surface area contributed by atoms with Crippen LogP contribution in [0.5, 0.6) is 0 Å². The van der Waals surface area contributed by atoms with Gasteiger partial charge in [-0.3, -0.25) is 0 Å². The van der Waals surface area contributed by atoms with Gasteiger partial charge >= 0.3 is 0 Å². The largest absolute Gasteiger partial charge is 0.301 e. The van der Waals surface area contributed by atoms with E-state index in [1.54, 1.807) is 11.3 Å². The maximum atomic E-state index is 8.92. The van der Waals surface area contributed by atoms with Crippen LogP contribution < -0.4 is 0 Å². The fourth-order valence-corrected chi connectivity index (χ4v) is 2.48. The Hall–Kier alpha value is -0.560. The van der Waals surface area contributed by atoms with E-state index in [0.717, 1.165) is 23.8 Å². The Morgan fingerprint density at radius 3 is 2.69 bits per heavy atom. The minimum absolute atomic E-state index is 0.235. The van der Waals surface area contributed by atoms with Crippen LogP contribution in [0.15, 0.2) is 12.1 Å².